The standard InChI is InChI=1S/C18H21F3O4/c19-18(20,21)11-2-1-3-13(8-11)25-10-12(22)4-5-14-15-6-7-24-17(15)9-16(14)23/h1-5,8,12,14-17,22-23H,6-7,9-10H2/b5-4+/t12-,14-,15?,16-,17+/m1/s1. The van der Waals surface area contributed by atoms with Crippen molar-refractivity contribution in [2.75, 3.05) is 13.2 Å². The molecule has 7 heteroatoms. The normalized spacial score (nSPS) is 30.6. The summed E-state index contributed by atoms with van der Waals surface area (Å²) in [6.07, 6.45) is -1.05. The van der Waals surface area contributed by atoms with Gasteiger partial charge in [0.15, 0.2) is 0 Å². The topological polar surface area (TPSA) is 58.9 Å². The monoisotopic (exact) mass is 358 g/mol. The molecule has 3 rings (SSSR count). The molecule has 1 aliphatic carbocycles. The molecule has 1 saturated carbocycles. The van der Waals surface area contributed by atoms with Crippen LogP contribution in [0.4, 0.5) is 13.2 Å². The third-order valence-electron chi connectivity index (χ3n) is 4.81. The highest BCUT2D eigenvalue weighted by molar-refractivity contribution is 5.30. The summed E-state index contributed by atoms with van der Waals surface area (Å²) in [7, 11) is 0. The summed E-state index contributed by atoms with van der Waals surface area (Å²) in [6.45, 7) is 0.527. The molecular formula is C18H21F3O4. The van der Waals surface area contributed by atoms with Crippen molar-refractivity contribution >= 4 is 0 Å². The zero-order valence-electron chi connectivity index (χ0n) is 13.5. The lowest BCUT2D eigenvalue weighted by Crippen LogP contribution is -2.20. The predicted molar refractivity (Wildman–Crippen MR) is 84.0 cm³/mol. The van der Waals surface area contributed by atoms with Crippen molar-refractivity contribution in [3.05, 3.63) is 42.0 Å². The zero-order chi connectivity index (χ0) is 18.0. The third kappa shape index (κ3) is 4.34. The number of ether oxygens (including phenoxy) is 2. The Morgan fingerprint density at radius 2 is 2.16 bits per heavy atom. The van der Waals surface area contributed by atoms with Gasteiger partial charge in [0.25, 0.3) is 0 Å². The van der Waals surface area contributed by atoms with Gasteiger partial charge in [-0.25, -0.2) is 0 Å². The molecule has 1 aromatic rings. The van der Waals surface area contributed by atoms with Crippen LogP contribution in [0.3, 0.4) is 0 Å². The van der Waals surface area contributed by atoms with Crippen LogP contribution in [0.15, 0.2) is 36.4 Å². The molecule has 25 heavy (non-hydrogen) atoms. The van der Waals surface area contributed by atoms with E-state index in [0.717, 1.165) is 18.6 Å². The van der Waals surface area contributed by atoms with Gasteiger partial charge < -0.3 is 19.7 Å². The first-order valence-electron chi connectivity index (χ1n) is 8.30. The molecule has 1 saturated heterocycles. The van der Waals surface area contributed by atoms with Crippen molar-refractivity contribution in [3.63, 3.8) is 0 Å². The first-order valence-corrected chi connectivity index (χ1v) is 8.30. The summed E-state index contributed by atoms with van der Waals surface area (Å²) in [4.78, 5) is 0. The number of alkyl halides is 3. The van der Waals surface area contributed by atoms with Gasteiger partial charge in [0.05, 0.1) is 17.8 Å². The average Bonchev–Trinajstić information content (AvgIpc) is 3.11. The molecule has 4 nitrogen and oxygen atoms in total. The van der Waals surface area contributed by atoms with Crippen molar-refractivity contribution in [3.8, 4) is 5.75 Å². The molecule has 2 fully saturated rings. The van der Waals surface area contributed by atoms with Gasteiger partial charge >= 0.3 is 6.18 Å². The fourth-order valence-corrected chi connectivity index (χ4v) is 3.56. The van der Waals surface area contributed by atoms with Crippen molar-refractivity contribution in [2.24, 2.45) is 11.8 Å². The molecule has 0 spiro atoms. The number of aliphatic hydroxyl groups excluding tert-OH is 2. The lowest BCUT2D eigenvalue weighted by atomic mass is 9.91. The maximum absolute atomic E-state index is 12.7. The van der Waals surface area contributed by atoms with Crippen molar-refractivity contribution in [1.82, 2.24) is 0 Å². The third-order valence-corrected chi connectivity index (χ3v) is 4.81. The number of fused-ring (bicyclic) bond motifs is 1. The highest BCUT2D eigenvalue weighted by Gasteiger charge is 2.44. The summed E-state index contributed by atoms with van der Waals surface area (Å²) in [5.41, 5.74) is -0.795. The Balaban J connectivity index is 1.54. The van der Waals surface area contributed by atoms with E-state index in [1.165, 1.54) is 18.2 Å². The second-order valence-corrected chi connectivity index (χ2v) is 6.53. The first kappa shape index (κ1) is 18.2. The fraction of sp³-hybridized carbons (Fsp3) is 0.556. The lowest BCUT2D eigenvalue weighted by Gasteiger charge is -2.16. The van der Waals surface area contributed by atoms with Gasteiger partial charge in [-0.05, 0) is 30.5 Å². The molecule has 138 valence electrons. The molecule has 1 unspecified atom stereocenters. The Bertz CT molecular complexity index is 617. The minimum Gasteiger partial charge on any atom is -0.491 e. The van der Waals surface area contributed by atoms with Gasteiger partial charge in [-0.1, -0.05) is 18.2 Å². The summed E-state index contributed by atoms with van der Waals surface area (Å²) in [5.74, 6) is 0.228. The van der Waals surface area contributed by atoms with Gasteiger partial charge in [0, 0.05) is 18.9 Å². The smallest absolute Gasteiger partial charge is 0.416 e. The van der Waals surface area contributed by atoms with E-state index < -0.39 is 23.9 Å². The summed E-state index contributed by atoms with van der Waals surface area (Å²) < 4.78 is 48.8. The van der Waals surface area contributed by atoms with Crippen LogP contribution in [-0.2, 0) is 10.9 Å². The summed E-state index contributed by atoms with van der Waals surface area (Å²) >= 11 is 0. The van der Waals surface area contributed by atoms with Gasteiger partial charge in [0.2, 0.25) is 0 Å². The highest BCUT2D eigenvalue weighted by Crippen LogP contribution is 2.41. The Kier molecular flexibility index (Phi) is 5.36. The van der Waals surface area contributed by atoms with Crippen LogP contribution in [0.25, 0.3) is 0 Å². The molecule has 2 N–H and O–H groups in total. The molecule has 0 amide bonds. The van der Waals surface area contributed by atoms with E-state index >= 15 is 0 Å². The quantitative estimate of drug-likeness (QED) is 0.795. The molecule has 5 atom stereocenters. The summed E-state index contributed by atoms with van der Waals surface area (Å²) in [6, 6.07) is 4.53. The maximum Gasteiger partial charge on any atom is 0.416 e. The number of aliphatic hydroxyl groups is 2. The number of hydrogen-bond donors (Lipinski definition) is 2. The SMILES string of the molecule is O[C@H](/C=C/[C@@H]1C2CCO[C@H]2C[C@H]1O)COc1cccc(C(F)(F)F)c1. The Hall–Kier alpha value is -1.57. The van der Waals surface area contributed by atoms with Crippen LogP contribution in [-0.4, -0.2) is 41.7 Å². The van der Waals surface area contributed by atoms with Crippen LogP contribution in [0, 0.1) is 11.8 Å². The molecule has 0 aromatic heterocycles. The Morgan fingerprint density at radius 1 is 1.36 bits per heavy atom. The van der Waals surface area contributed by atoms with E-state index in [-0.39, 0.29) is 30.3 Å². The Morgan fingerprint density at radius 3 is 2.92 bits per heavy atom. The molecule has 2 aliphatic rings. The van der Waals surface area contributed by atoms with Crippen LogP contribution in [0.5, 0.6) is 5.75 Å². The second-order valence-electron chi connectivity index (χ2n) is 6.53. The number of hydrogen-bond acceptors (Lipinski definition) is 4. The average molecular weight is 358 g/mol. The molecule has 0 radical (unpaired) electrons. The van der Waals surface area contributed by atoms with Gasteiger partial charge in [-0.15, -0.1) is 0 Å². The van der Waals surface area contributed by atoms with Crippen molar-refractivity contribution in [2.45, 2.75) is 37.3 Å². The first-order chi connectivity index (χ1) is 11.8. The van der Waals surface area contributed by atoms with Crippen LogP contribution in [0.1, 0.15) is 18.4 Å². The highest BCUT2D eigenvalue weighted by atomic mass is 19.4. The lowest BCUT2D eigenvalue weighted by molar-refractivity contribution is -0.137. The van der Waals surface area contributed by atoms with Crippen molar-refractivity contribution in [1.29, 1.82) is 0 Å². The van der Waals surface area contributed by atoms with E-state index in [0.29, 0.717) is 13.0 Å². The largest absolute Gasteiger partial charge is 0.491 e. The van der Waals surface area contributed by atoms with Gasteiger partial charge in [-0.3, -0.25) is 0 Å². The maximum atomic E-state index is 12.7. The number of rotatable bonds is 5. The van der Waals surface area contributed by atoms with Crippen LogP contribution < -0.4 is 4.74 Å². The minimum absolute atomic E-state index is 0.0485. The molecule has 1 aliphatic heterocycles. The van der Waals surface area contributed by atoms with E-state index in [9.17, 15) is 23.4 Å². The van der Waals surface area contributed by atoms with E-state index in [4.69, 9.17) is 9.47 Å². The Labute approximate surface area is 143 Å². The predicted octanol–water partition coefficient (Wildman–Crippen LogP) is 2.79. The van der Waals surface area contributed by atoms with Crippen LogP contribution in [0.2, 0.25) is 0 Å². The fourth-order valence-electron chi connectivity index (χ4n) is 3.56. The molecule has 1 heterocycles. The molecule has 1 aromatic carbocycles. The second kappa shape index (κ2) is 7.35. The van der Waals surface area contributed by atoms with E-state index in [1.54, 1.807) is 6.08 Å². The number of benzene rings is 1. The van der Waals surface area contributed by atoms with E-state index in [2.05, 4.69) is 0 Å². The molecule has 0 bridgehead atoms. The zero-order valence-corrected chi connectivity index (χ0v) is 13.5. The van der Waals surface area contributed by atoms with Gasteiger partial charge in [-0.2, -0.15) is 13.2 Å². The number of halogens is 3. The van der Waals surface area contributed by atoms with E-state index in [1.807, 2.05) is 0 Å². The van der Waals surface area contributed by atoms with Gasteiger partial charge in [0.1, 0.15) is 18.5 Å². The minimum atomic E-state index is -4.43. The summed E-state index contributed by atoms with van der Waals surface area (Å²) in [5, 5.41) is 20.1. The molecular weight excluding hydrogens is 337 g/mol. The van der Waals surface area contributed by atoms with Crippen molar-refractivity contribution < 1.29 is 32.9 Å². The van der Waals surface area contributed by atoms with Crippen LogP contribution >= 0.6 is 0 Å².